The second-order valence-electron chi connectivity index (χ2n) is 4.65. The van der Waals surface area contributed by atoms with Gasteiger partial charge in [-0.3, -0.25) is 0 Å². The van der Waals surface area contributed by atoms with E-state index in [1.165, 1.54) is 0 Å². The van der Waals surface area contributed by atoms with E-state index >= 15 is 0 Å². The fourth-order valence-corrected chi connectivity index (χ4v) is 2.25. The molecule has 0 aliphatic rings. The zero-order valence-electron chi connectivity index (χ0n) is 11.1. The molecule has 1 aromatic carbocycles. The van der Waals surface area contributed by atoms with Gasteiger partial charge in [-0.2, -0.15) is 0 Å². The van der Waals surface area contributed by atoms with Crippen molar-refractivity contribution in [3.05, 3.63) is 35.6 Å². The van der Waals surface area contributed by atoms with Gasteiger partial charge in [-0.15, -0.1) is 0 Å². The van der Waals surface area contributed by atoms with E-state index in [4.69, 9.17) is 9.15 Å². The maximum absolute atomic E-state index is 10.3. The maximum Gasteiger partial charge on any atom is 0.138 e. The lowest BCUT2D eigenvalue weighted by molar-refractivity contribution is -0.0271. The first-order valence-corrected chi connectivity index (χ1v) is 6.37. The molecule has 0 aliphatic carbocycles. The number of hydrogen-bond acceptors (Lipinski definition) is 3. The number of hydrogen-bond donors (Lipinski definition) is 1. The Labute approximate surface area is 107 Å². The molecule has 1 N–H and O–H groups in total. The highest BCUT2D eigenvalue weighted by Crippen LogP contribution is 2.29. The van der Waals surface area contributed by atoms with Crippen LogP contribution in [0.5, 0.6) is 0 Å². The van der Waals surface area contributed by atoms with Crippen molar-refractivity contribution in [3.8, 4) is 0 Å². The first kappa shape index (κ1) is 13.1. The lowest BCUT2D eigenvalue weighted by Gasteiger charge is -2.19. The van der Waals surface area contributed by atoms with Crippen LogP contribution in [-0.2, 0) is 4.74 Å². The number of aliphatic hydroxyl groups is 1. The standard InChI is InChI=1S/C15H20O3/c1-4-6-12(17-3)14(16)13-9-11-8-5-7-10(2)15(11)18-13/h5,7-9,12,14,16H,4,6H2,1-3H3. The van der Waals surface area contributed by atoms with Crippen molar-refractivity contribution in [1.82, 2.24) is 0 Å². The SMILES string of the molecule is CCCC(OC)C(O)c1cc2cccc(C)c2o1. The number of para-hydroxylation sites is 1. The van der Waals surface area contributed by atoms with E-state index in [0.717, 1.165) is 29.4 Å². The second kappa shape index (κ2) is 5.55. The predicted molar refractivity (Wildman–Crippen MR) is 71.6 cm³/mol. The van der Waals surface area contributed by atoms with Gasteiger partial charge in [-0.25, -0.2) is 0 Å². The summed E-state index contributed by atoms with van der Waals surface area (Å²) in [4.78, 5) is 0. The molecule has 0 saturated heterocycles. The summed E-state index contributed by atoms with van der Waals surface area (Å²) in [6.45, 7) is 4.07. The molecule has 0 aliphatic heterocycles. The van der Waals surface area contributed by atoms with E-state index in [2.05, 4.69) is 6.92 Å². The van der Waals surface area contributed by atoms with Crippen LogP contribution in [0, 0.1) is 6.92 Å². The lowest BCUT2D eigenvalue weighted by atomic mass is 10.1. The van der Waals surface area contributed by atoms with Crippen LogP contribution in [0.4, 0.5) is 0 Å². The summed E-state index contributed by atoms with van der Waals surface area (Å²) < 4.78 is 11.1. The van der Waals surface area contributed by atoms with E-state index in [1.54, 1.807) is 7.11 Å². The number of benzene rings is 1. The average molecular weight is 248 g/mol. The topological polar surface area (TPSA) is 42.6 Å². The van der Waals surface area contributed by atoms with Crippen molar-refractivity contribution in [3.63, 3.8) is 0 Å². The smallest absolute Gasteiger partial charge is 0.138 e. The number of fused-ring (bicyclic) bond motifs is 1. The first-order chi connectivity index (χ1) is 8.67. The van der Waals surface area contributed by atoms with E-state index in [9.17, 15) is 5.11 Å². The molecule has 2 atom stereocenters. The summed E-state index contributed by atoms with van der Waals surface area (Å²) in [7, 11) is 1.62. The highest BCUT2D eigenvalue weighted by atomic mass is 16.5. The van der Waals surface area contributed by atoms with Gasteiger partial charge in [-0.05, 0) is 25.0 Å². The highest BCUT2D eigenvalue weighted by Gasteiger charge is 2.23. The Morgan fingerprint density at radius 1 is 1.39 bits per heavy atom. The predicted octanol–water partition coefficient (Wildman–Crippen LogP) is 3.59. The van der Waals surface area contributed by atoms with Crippen molar-refractivity contribution in [1.29, 1.82) is 0 Å². The number of aliphatic hydroxyl groups excluding tert-OH is 1. The van der Waals surface area contributed by atoms with Gasteiger partial charge < -0.3 is 14.3 Å². The Balaban J connectivity index is 2.32. The van der Waals surface area contributed by atoms with Crippen molar-refractivity contribution in [2.45, 2.75) is 38.9 Å². The highest BCUT2D eigenvalue weighted by molar-refractivity contribution is 5.80. The molecule has 0 fully saturated rings. The van der Waals surface area contributed by atoms with Crippen LogP contribution in [0.3, 0.4) is 0 Å². The molecular weight excluding hydrogens is 228 g/mol. The van der Waals surface area contributed by atoms with Crippen LogP contribution in [0.1, 0.15) is 37.2 Å². The van der Waals surface area contributed by atoms with Crippen LogP contribution in [0.25, 0.3) is 11.0 Å². The van der Waals surface area contributed by atoms with Crippen molar-refractivity contribution in [2.75, 3.05) is 7.11 Å². The Bertz CT molecular complexity index is 515. The number of aryl methyl sites for hydroxylation is 1. The van der Waals surface area contributed by atoms with Crippen LogP contribution in [-0.4, -0.2) is 18.3 Å². The van der Waals surface area contributed by atoms with Gasteiger partial charge in [0.2, 0.25) is 0 Å². The van der Waals surface area contributed by atoms with Crippen LogP contribution in [0.15, 0.2) is 28.7 Å². The summed E-state index contributed by atoms with van der Waals surface area (Å²) in [6, 6.07) is 7.88. The van der Waals surface area contributed by atoms with Crippen LogP contribution < -0.4 is 0 Å². The van der Waals surface area contributed by atoms with E-state index < -0.39 is 6.10 Å². The molecule has 1 aromatic heterocycles. The van der Waals surface area contributed by atoms with E-state index in [-0.39, 0.29) is 6.10 Å². The summed E-state index contributed by atoms with van der Waals surface area (Å²) in [5.74, 6) is 0.583. The molecule has 0 amide bonds. The molecule has 3 heteroatoms. The quantitative estimate of drug-likeness (QED) is 0.879. The fourth-order valence-electron chi connectivity index (χ4n) is 2.25. The Hall–Kier alpha value is -1.32. The molecule has 0 spiro atoms. The molecule has 98 valence electrons. The molecule has 2 unspecified atom stereocenters. The molecule has 2 rings (SSSR count). The minimum absolute atomic E-state index is 0.212. The number of furan rings is 1. The van der Waals surface area contributed by atoms with Gasteiger partial charge in [0.25, 0.3) is 0 Å². The second-order valence-corrected chi connectivity index (χ2v) is 4.65. The summed E-state index contributed by atoms with van der Waals surface area (Å²) >= 11 is 0. The molecule has 0 bridgehead atoms. The summed E-state index contributed by atoms with van der Waals surface area (Å²) in [6.07, 6.45) is 0.861. The number of methoxy groups -OCH3 is 1. The molecule has 0 saturated carbocycles. The van der Waals surface area contributed by atoms with Crippen LogP contribution >= 0.6 is 0 Å². The average Bonchev–Trinajstić information content (AvgIpc) is 2.80. The molecule has 2 aromatic rings. The maximum atomic E-state index is 10.3. The molecule has 0 radical (unpaired) electrons. The largest absolute Gasteiger partial charge is 0.458 e. The Morgan fingerprint density at radius 2 is 2.17 bits per heavy atom. The van der Waals surface area contributed by atoms with Crippen molar-refractivity contribution in [2.24, 2.45) is 0 Å². The fraction of sp³-hybridized carbons (Fsp3) is 0.467. The number of rotatable bonds is 5. The van der Waals surface area contributed by atoms with Crippen molar-refractivity contribution >= 4 is 11.0 Å². The summed E-state index contributed by atoms with van der Waals surface area (Å²) in [5, 5.41) is 11.3. The third-order valence-electron chi connectivity index (χ3n) is 3.28. The van der Waals surface area contributed by atoms with E-state index in [1.807, 2.05) is 31.2 Å². The van der Waals surface area contributed by atoms with Crippen molar-refractivity contribution < 1.29 is 14.3 Å². The molecular formula is C15H20O3. The monoisotopic (exact) mass is 248 g/mol. The first-order valence-electron chi connectivity index (χ1n) is 6.37. The Morgan fingerprint density at radius 3 is 2.78 bits per heavy atom. The third-order valence-corrected chi connectivity index (χ3v) is 3.28. The van der Waals surface area contributed by atoms with Gasteiger partial charge in [0.1, 0.15) is 17.4 Å². The lowest BCUT2D eigenvalue weighted by Crippen LogP contribution is -2.20. The zero-order valence-corrected chi connectivity index (χ0v) is 11.1. The number of ether oxygens (including phenoxy) is 1. The van der Waals surface area contributed by atoms with Gasteiger partial charge in [-0.1, -0.05) is 31.5 Å². The van der Waals surface area contributed by atoms with Gasteiger partial charge in [0.15, 0.2) is 0 Å². The molecule has 3 nitrogen and oxygen atoms in total. The van der Waals surface area contributed by atoms with Crippen LogP contribution in [0.2, 0.25) is 0 Å². The third kappa shape index (κ3) is 2.42. The minimum atomic E-state index is -0.707. The Kier molecular flexibility index (Phi) is 4.04. The van der Waals surface area contributed by atoms with E-state index in [0.29, 0.717) is 5.76 Å². The van der Waals surface area contributed by atoms with Gasteiger partial charge in [0, 0.05) is 12.5 Å². The zero-order chi connectivity index (χ0) is 13.1. The van der Waals surface area contributed by atoms with Gasteiger partial charge >= 0.3 is 0 Å². The normalized spacial score (nSPS) is 14.9. The minimum Gasteiger partial charge on any atom is -0.458 e. The summed E-state index contributed by atoms with van der Waals surface area (Å²) in [5.41, 5.74) is 1.92. The molecule has 1 heterocycles. The van der Waals surface area contributed by atoms with Gasteiger partial charge in [0.05, 0.1) is 6.10 Å². The molecule has 18 heavy (non-hydrogen) atoms.